The first-order valence-electron chi connectivity index (χ1n) is 11.3. The second-order valence-electron chi connectivity index (χ2n) is 8.62. The van der Waals surface area contributed by atoms with Crippen molar-refractivity contribution in [1.82, 2.24) is 14.0 Å². The molecule has 3 aromatic heterocycles. The van der Waals surface area contributed by atoms with E-state index in [-0.39, 0.29) is 5.56 Å². The number of hydrogen-bond donors (Lipinski definition) is 0. The molecule has 0 aliphatic heterocycles. The zero-order valence-corrected chi connectivity index (χ0v) is 19.5. The van der Waals surface area contributed by atoms with Gasteiger partial charge in [-0.15, -0.1) is 0 Å². The predicted molar refractivity (Wildman–Crippen MR) is 139 cm³/mol. The third-order valence-corrected chi connectivity index (χ3v) is 7.01. The van der Waals surface area contributed by atoms with Gasteiger partial charge in [0.15, 0.2) is 4.96 Å². The molecule has 0 radical (unpaired) electrons. The number of hydrogen-bond acceptors (Lipinski definition) is 4. The van der Waals surface area contributed by atoms with E-state index in [2.05, 4.69) is 40.9 Å². The Kier molecular flexibility index (Phi) is 5.15. The molecule has 6 aromatic rings. The molecule has 5 nitrogen and oxygen atoms in total. The summed E-state index contributed by atoms with van der Waals surface area (Å²) < 4.78 is 10.6. The van der Waals surface area contributed by atoms with E-state index in [1.807, 2.05) is 66.7 Å². The fourth-order valence-electron chi connectivity index (χ4n) is 4.44. The first-order chi connectivity index (χ1) is 16.7. The van der Waals surface area contributed by atoms with Crippen LogP contribution in [0, 0.1) is 5.92 Å². The summed E-state index contributed by atoms with van der Waals surface area (Å²) in [5.74, 6) is 1.20. The van der Waals surface area contributed by atoms with Gasteiger partial charge in [-0.25, -0.2) is 9.38 Å². The number of aromatic nitrogens is 3. The van der Waals surface area contributed by atoms with Crippen molar-refractivity contribution in [2.75, 3.05) is 6.61 Å². The summed E-state index contributed by atoms with van der Waals surface area (Å²) in [6.45, 7) is 3.65. The number of para-hydroxylation sites is 4. The highest BCUT2D eigenvalue weighted by Crippen LogP contribution is 2.24. The first-order valence-corrected chi connectivity index (χ1v) is 12.2. The zero-order valence-electron chi connectivity index (χ0n) is 18.7. The van der Waals surface area contributed by atoms with Crippen LogP contribution >= 0.6 is 11.3 Å². The average Bonchev–Trinajstić information content (AvgIpc) is 3.50. The maximum atomic E-state index is 13.2. The van der Waals surface area contributed by atoms with Crippen molar-refractivity contribution >= 4 is 44.3 Å². The lowest BCUT2D eigenvalue weighted by Gasteiger charge is -2.14. The Morgan fingerprint density at radius 3 is 2.56 bits per heavy atom. The quantitative estimate of drug-likeness (QED) is 0.343. The zero-order chi connectivity index (χ0) is 23.1. The topological polar surface area (TPSA) is 48.5 Å². The van der Waals surface area contributed by atoms with Crippen molar-refractivity contribution in [2.24, 2.45) is 5.92 Å². The molecule has 3 heterocycles. The molecule has 0 spiro atoms. The molecular weight excluding hydrogens is 442 g/mol. The fraction of sp³-hybridized carbons (Fsp3) is 0.143. The van der Waals surface area contributed by atoms with E-state index in [1.165, 1.54) is 11.3 Å². The lowest BCUT2D eigenvalue weighted by atomic mass is 10.1. The van der Waals surface area contributed by atoms with Gasteiger partial charge in [0, 0.05) is 35.1 Å². The number of benzene rings is 3. The highest BCUT2D eigenvalue weighted by atomic mass is 32.1. The number of nitrogens with zero attached hydrogens (tertiary/aromatic N) is 3. The van der Waals surface area contributed by atoms with E-state index in [0.29, 0.717) is 17.1 Å². The summed E-state index contributed by atoms with van der Waals surface area (Å²) in [6.07, 6.45) is 4.14. The summed E-state index contributed by atoms with van der Waals surface area (Å²) in [7, 11) is 0. The number of rotatable bonds is 6. The number of thiazole rings is 1. The third kappa shape index (κ3) is 3.66. The molecule has 168 valence electrons. The van der Waals surface area contributed by atoms with Gasteiger partial charge in [0.25, 0.3) is 5.56 Å². The van der Waals surface area contributed by atoms with Crippen LogP contribution in [0.2, 0.25) is 0 Å². The van der Waals surface area contributed by atoms with E-state index in [1.54, 1.807) is 4.40 Å². The van der Waals surface area contributed by atoms with Crippen LogP contribution in [0.15, 0.2) is 89.9 Å². The van der Waals surface area contributed by atoms with Gasteiger partial charge in [-0.3, -0.25) is 4.79 Å². The predicted octanol–water partition coefficient (Wildman–Crippen LogP) is 5.13. The molecule has 6 rings (SSSR count). The molecule has 1 atom stereocenters. The molecule has 0 bridgehead atoms. The number of imidazole rings is 1. The molecule has 0 aliphatic carbocycles. The molecule has 34 heavy (non-hydrogen) atoms. The van der Waals surface area contributed by atoms with Gasteiger partial charge >= 0.3 is 0 Å². The molecule has 0 N–H and O–H groups in total. The maximum Gasteiger partial charge on any atom is 0.274 e. The van der Waals surface area contributed by atoms with Crippen molar-refractivity contribution < 1.29 is 4.74 Å². The SMILES string of the molecule is C[C@H](COc1ccccc1)Cn1cc(C=c2sc3nc4ccccc4n3c2=O)c2ccccc21. The van der Waals surface area contributed by atoms with Crippen molar-refractivity contribution in [3.63, 3.8) is 0 Å². The lowest BCUT2D eigenvalue weighted by molar-refractivity contribution is 0.245. The van der Waals surface area contributed by atoms with Gasteiger partial charge in [0.2, 0.25) is 0 Å². The minimum absolute atomic E-state index is 0.0184. The minimum atomic E-state index is -0.0184. The Balaban J connectivity index is 1.35. The Bertz CT molecular complexity index is 1730. The van der Waals surface area contributed by atoms with Crippen molar-refractivity contribution in [1.29, 1.82) is 0 Å². The summed E-state index contributed by atoms with van der Waals surface area (Å²) in [5, 5.41) is 1.13. The minimum Gasteiger partial charge on any atom is -0.493 e. The van der Waals surface area contributed by atoms with Gasteiger partial charge in [-0.05, 0) is 36.4 Å². The molecule has 0 aliphatic rings. The number of fused-ring (bicyclic) bond motifs is 4. The van der Waals surface area contributed by atoms with E-state index in [4.69, 9.17) is 4.74 Å². The van der Waals surface area contributed by atoms with Crippen molar-refractivity contribution in [3.05, 3.63) is 106 Å². The Labute approximate surface area is 200 Å². The second-order valence-corrected chi connectivity index (χ2v) is 9.63. The third-order valence-electron chi connectivity index (χ3n) is 6.04. The standard InChI is InChI=1S/C28H23N3O2S/c1-19(18-33-21-9-3-2-4-10-21)16-30-17-20(22-11-5-7-13-24(22)30)15-26-27(32)31-25-14-8-6-12-23(25)29-28(31)34-26/h2-15,17,19H,16,18H2,1H3/t19-/m0/s1. The second kappa shape index (κ2) is 8.47. The monoisotopic (exact) mass is 465 g/mol. The molecule has 0 saturated carbocycles. The molecule has 3 aromatic carbocycles. The van der Waals surface area contributed by atoms with Crippen LogP contribution in [0.3, 0.4) is 0 Å². The van der Waals surface area contributed by atoms with Crippen LogP contribution < -0.4 is 14.8 Å². The normalized spacial score (nSPS) is 13.3. The summed E-state index contributed by atoms with van der Waals surface area (Å²) in [6, 6.07) is 26.0. The smallest absolute Gasteiger partial charge is 0.274 e. The maximum absolute atomic E-state index is 13.2. The lowest BCUT2D eigenvalue weighted by Crippen LogP contribution is -2.22. The van der Waals surface area contributed by atoms with Crippen LogP contribution in [0.5, 0.6) is 5.75 Å². The van der Waals surface area contributed by atoms with E-state index in [9.17, 15) is 4.79 Å². The molecule has 0 amide bonds. The molecule has 0 unspecified atom stereocenters. The number of ether oxygens (including phenoxy) is 1. The summed E-state index contributed by atoms with van der Waals surface area (Å²) in [5.41, 5.74) is 3.88. The summed E-state index contributed by atoms with van der Waals surface area (Å²) in [4.78, 5) is 18.6. The van der Waals surface area contributed by atoms with Crippen molar-refractivity contribution in [2.45, 2.75) is 13.5 Å². The van der Waals surface area contributed by atoms with Crippen LogP contribution in [-0.2, 0) is 6.54 Å². The largest absolute Gasteiger partial charge is 0.493 e. The van der Waals surface area contributed by atoms with E-state index in [0.717, 1.165) is 44.8 Å². The Morgan fingerprint density at radius 2 is 1.71 bits per heavy atom. The fourth-order valence-corrected chi connectivity index (χ4v) is 5.42. The van der Waals surface area contributed by atoms with Gasteiger partial charge in [0.1, 0.15) is 5.75 Å². The first kappa shape index (κ1) is 20.7. The Morgan fingerprint density at radius 1 is 0.971 bits per heavy atom. The van der Waals surface area contributed by atoms with Gasteiger partial charge in [-0.1, -0.05) is 66.8 Å². The van der Waals surface area contributed by atoms with Crippen LogP contribution in [0.25, 0.3) is 33.0 Å². The van der Waals surface area contributed by atoms with Gasteiger partial charge < -0.3 is 9.30 Å². The molecular formula is C28H23N3O2S. The molecule has 6 heteroatoms. The highest BCUT2D eigenvalue weighted by molar-refractivity contribution is 7.15. The van der Waals surface area contributed by atoms with Crippen LogP contribution in [0.1, 0.15) is 12.5 Å². The Hall–Kier alpha value is -3.90. The molecule has 0 saturated heterocycles. The van der Waals surface area contributed by atoms with Crippen molar-refractivity contribution in [3.8, 4) is 5.75 Å². The van der Waals surface area contributed by atoms with Gasteiger partial charge in [-0.2, -0.15) is 0 Å². The van der Waals surface area contributed by atoms with Crippen LogP contribution in [0.4, 0.5) is 0 Å². The summed E-state index contributed by atoms with van der Waals surface area (Å²) >= 11 is 1.44. The van der Waals surface area contributed by atoms with E-state index >= 15 is 0 Å². The van der Waals surface area contributed by atoms with Crippen LogP contribution in [-0.4, -0.2) is 20.6 Å². The average molecular weight is 466 g/mol. The molecule has 0 fully saturated rings. The van der Waals surface area contributed by atoms with Gasteiger partial charge in [0.05, 0.1) is 22.2 Å². The van der Waals surface area contributed by atoms with E-state index < -0.39 is 0 Å². The highest BCUT2D eigenvalue weighted by Gasteiger charge is 2.13.